The molecule has 1 aromatic carbocycles. The molecule has 0 N–H and O–H groups in total. The lowest BCUT2D eigenvalue weighted by Crippen LogP contribution is -2.33. The van der Waals surface area contributed by atoms with E-state index in [-0.39, 0.29) is 11.7 Å². The van der Waals surface area contributed by atoms with E-state index in [1.807, 2.05) is 18.2 Å². The maximum atomic E-state index is 12.9. The zero-order valence-corrected chi connectivity index (χ0v) is 13.8. The second-order valence-corrected chi connectivity index (χ2v) is 7.83. The van der Waals surface area contributed by atoms with Crippen molar-refractivity contribution in [3.05, 3.63) is 66.1 Å². The largest absolute Gasteiger partial charge is 0.332 e. The Morgan fingerprint density at radius 3 is 2.79 bits per heavy atom. The zero-order valence-electron chi connectivity index (χ0n) is 13.0. The summed E-state index contributed by atoms with van der Waals surface area (Å²) in [6.07, 6.45) is 3.28. The molecule has 6 nitrogen and oxygen atoms in total. The molecule has 0 spiro atoms. The minimum absolute atomic E-state index is 0.0919. The third kappa shape index (κ3) is 2.12. The average molecular weight is 341 g/mol. The number of nitrogens with zero attached hydrogens (tertiary/aromatic N) is 3. The SMILES string of the molecule is CN(C(=O)c1cnc2ccccn12)[C@@H]1CS(=O)(=O)c2ccccc21. The van der Waals surface area contributed by atoms with Gasteiger partial charge in [-0.05, 0) is 23.8 Å². The van der Waals surface area contributed by atoms with Crippen LogP contribution in [0.4, 0.5) is 0 Å². The van der Waals surface area contributed by atoms with Gasteiger partial charge in [0.25, 0.3) is 5.91 Å². The van der Waals surface area contributed by atoms with Gasteiger partial charge < -0.3 is 4.90 Å². The van der Waals surface area contributed by atoms with Crippen LogP contribution in [0.15, 0.2) is 59.8 Å². The number of rotatable bonds is 2. The summed E-state index contributed by atoms with van der Waals surface area (Å²) < 4.78 is 26.4. The van der Waals surface area contributed by atoms with Crippen LogP contribution in [0.5, 0.6) is 0 Å². The maximum absolute atomic E-state index is 12.9. The van der Waals surface area contributed by atoms with E-state index < -0.39 is 15.9 Å². The van der Waals surface area contributed by atoms with Crippen molar-refractivity contribution in [1.29, 1.82) is 0 Å². The first-order chi connectivity index (χ1) is 11.5. The summed E-state index contributed by atoms with van der Waals surface area (Å²) in [6.45, 7) is 0. The van der Waals surface area contributed by atoms with Gasteiger partial charge in [-0.15, -0.1) is 0 Å². The highest BCUT2D eigenvalue weighted by molar-refractivity contribution is 7.91. The Balaban J connectivity index is 1.75. The minimum atomic E-state index is -3.36. The van der Waals surface area contributed by atoms with E-state index in [0.29, 0.717) is 21.8 Å². The van der Waals surface area contributed by atoms with E-state index in [1.165, 1.54) is 11.1 Å². The molecular weight excluding hydrogens is 326 g/mol. The number of benzene rings is 1. The van der Waals surface area contributed by atoms with Gasteiger partial charge in [0, 0.05) is 13.2 Å². The van der Waals surface area contributed by atoms with Gasteiger partial charge >= 0.3 is 0 Å². The van der Waals surface area contributed by atoms with Gasteiger partial charge in [0.05, 0.1) is 22.9 Å². The number of carbonyl (C=O) groups is 1. The van der Waals surface area contributed by atoms with Gasteiger partial charge in [-0.25, -0.2) is 13.4 Å². The highest BCUT2D eigenvalue weighted by atomic mass is 32.2. The van der Waals surface area contributed by atoms with E-state index in [4.69, 9.17) is 0 Å². The van der Waals surface area contributed by atoms with Crippen LogP contribution < -0.4 is 0 Å². The fourth-order valence-electron chi connectivity index (χ4n) is 3.16. The van der Waals surface area contributed by atoms with Crippen LogP contribution >= 0.6 is 0 Å². The van der Waals surface area contributed by atoms with Crippen LogP contribution in [0.3, 0.4) is 0 Å². The molecule has 3 heterocycles. The predicted molar refractivity (Wildman–Crippen MR) is 88.5 cm³/mol. The molecule has 122 valence electrons. The van der Waals surface area contributed by atoms with Crippen LogP contribution in [0, 0.1) is 0 Å². The van der Waals surface area contributed by atoms with Gasteiger partial charge in [-0.3, -0.25) is 9.20 Å². The van der Waals surface area contributed by atoms with Crippen molar-refractivity contribution in [2.45, 2.75) is 10.9 Å². The third-order valence-corrected chi connectivity index (χ3v) is 6.21. The van der Waals surface area contributed by atoms with Crippen LogP contribution in [-0.2, 0) is 9.84 Å². The van der Waals surface area contributed by atoms with Crippen molar-refractivity contribution in [3.8, 4) is 0 Å². The van der Waals surface area contributed by atoms with Crippen LogP contribution in [-0.4, -0.2) is 41.4 Å². The quantitative estimate of drug-likeness (QED) is 0.714. The number of amides is 1. The van der Waals surface area contributed by atoms with E-state index in [1.54, 1.807) is 41.9 Å². The topological polar surface area (TPSA) is 71.8 Å². The Bertz CT molecular complexity index is 1060. The van der Waals surface area contributed by atoms with Gasteiger partial charge in [-0.1, -0.05) is 24.3 Å². The molecule has 0 saturated heterocycles. The van der Waals surface area contributed by atoms with Gasteiger partial charge in [-0.2, -0.15) is 0 Å². The van der Waals surface area contributed by atoms with Crippen LogP contribution in [0.1, 0.15) is 22.1 Å². The molecule has 0 aliphatic carbocycles. The number of fused-ring (bicyclic) bond motifs is 2. The van der Waals surface area contributed by atoms with Gasteiger partial charge in [0.2, 0.25) is 0 Å². The summed E-state index contributed by atoms with van der Waals surface area (Å²) in [6, 6.07) is 11.8. The number of hydrogen-bond acceptors (Lipinski definition) is 4. The molecule has 4 rings (SSSR count). The van der Waals surface area contributed by atoms with Crippen LogP contribution in [0.2, 0.25) is 0 Å². The van der Waals surface area contributed by atoms with Gasteiger partial charge in [0.15, 0.2) is 9.84 Å². The smallest absolute Gasteiger partial charge is 0.272 e. The number of aromatic nitrogens is 2. The van der Waals surface area contributed by atoms with Crippen molar-refractivity contribution in [1.82, 2.24) is 14.3 Å². The van der Waals surface area contributed by atoms with Crippen molar-refractivity contribution in [2.75, 3.05) is 12.8 Å². The van der Waals surface area contributed by atoms with Gasteiger partial charge in [0.1, 0.15) is 11.3 Å². The second kappa shape index (κ2) is 5.17. The van der Waals surface area contributed by atoms with E-state index in [9.17, 15) is 13.2 Å². The lowest BCUT2D eigenvalue weighted by Gasteiger charge is -2.24. The molecule has 1 atom stereocenters. The molecule has 3 aromatic rings. The molecule has 0 fully saturated rings. The second-order valence-electron chi connectivity index (χ2n) is 5.82. The van der Waals surface area contributed by atoms with Crippen LogP contribution in [0.25, 0.3) is 5.65 Å². The molecule has 0 unspecified atom stereocenters. The minimum Gasteiger partial charge on any atom is -0.332 e. The molecule has 0 radical (unpaired) electrons. The van der Waals surface area contributed by atoms with E-state index in [0.717, 1.165) is 0 Å². The monoisotopic (exact) mass is 341 g/mol. The summed E-state index contributed by atoms with van der Waals surface area (Å²) in [5.41, 5.74) is 1.76. The maximum Gasteiger partial charge on any atom is 0.272 e. The van der Waals surface area contributed by atoms with E-state index >= 15 is 0 Å². The standard InChI is InChI=1S/C17H15N3O3S/c1-19(14-11-24(22,23)15-7-3-2-6-12(14)15)17(21)13-10-18-16-8-4-5-9-20(13)16/h2-10,14H,11H2,1H3/t14-/m1/s1. The van der Waals surface area contributed by atoms with Crippen molar-refractivity contribution in [3.63, 3.8) is 0 Å². The fourth-order valence-corrected chi connectivity index (χ4v) is 5.01. The summed E-state index contributed by atoms with van der Waals surface area (Å²) in [5, 5.41) is 0. The Labute approximate surface area is 139 Å². The molecule has 7 heteroatoms. The Hall–Kier alpha value is -2.67. The molecule has 1 amide bonds. The number of imidazole rings is 1. The normalized spacial score (nSPS) is 18.5. The highest BCUT2D eigenvalue weighted by Gasteiger charge is 2.38. The van der Waals surface area contributed by atoms with Crippen molar-refractivity contribution >= 4 is 21.4 Å². The summed E-state index contributed by atoms with van der Waals surface area (Å²) in [4.78, 5) is 18.9. The molecule has 2 aromatic heterocycles. The zero-order chi connectivity index (χ0) is 16.9. The molecule has 24 heavy (non-hydrogen) atoms. The number of sulfone groups is 1. The summed E-state index contributed by atoms with van der Waals surface area (Å²) in [5.74, 6) is -0.351. The number of hydrogen-bond donors (Lipinski definition) is 0. The lowest BCUT2D eigenvalue weighted by molar-refractivity contribution is 0.0739. The first kappa shape index (κ1) is 14.9. The van der Waals surface area contributed by atoms with Crippen molar-refractivity contribution in [2.24, 2.45) is 0 Å². The Kier molecular flexibility index (Phi) is 3.21. The highest BCUT2D eigenvalue weighted by Crippen LogP contribution is 2.36. The average Bonchev–Trinajstić information content (AvgIpc) is 3.13. The molecule has 0 bridgehead atoms. The fraction of sp³-hybridized carbons (Fsp3) is 0.176. The Morgan fingerprint density at radius 1 is 1.21 bits per heavy atom. The predicted octanol–water partition coefficient (Wildman–Crippen LogP) is 1.93. The lowest BCUT2D eigenvalue weighted by atomic mass is 10.1. The Morgan fingerprint density at radius 2 is 1.96 bits per heavy atom. The molecule has 0 saturated carbocycles. The molecule has 1 aliphatic rings. The first-order valence-electron chi connectivity index (χ1n) is 7.50. The molecular formula is C17H15N3O3S. The third-order valence-electron chi connectivity index (χ3n) is 4.41. The summed E-state index contributed by atoms with van der Waals surface area (Å²) >= 11 is 0. The summed E-state index contributed by atoms with van der Waals surface area (Å²) in [7, 11) is -1.73. The van der Waals surface area contributed by atoms with Crippen molar-refractivity contribution < 1.29 is 13.2 Å². The molecule has 1 aliphatic heterocycles. The number of pyridine rings is 1. The van der Waals surface area contributed by atoms with E-state index in [2.05, 4.69) is 4.98 Å². The first-order valence-corrected chi connectivity index (χ1v) is 9.15. The number of carbonyl (C=O) groups excluding carboxylic acids is 1.